The van der Waals surface area contributed by atoms with Gasteiger partial charge in [-0.3, -0.25) is 0 Å². The summed E-state index contributed by atoms with van der Waals surface area (Å²) in [7, 11) is 0. The molecule has 0 fully saturated rings. The average Bonchev–Trinajstić information content (AvgIpc) is 2.18. The van der Waals surface area contributed by atoms with E-state index in [1.807, 2.05) is 32.0 Å². The van der Waals surface area contributed by atoms with Crippen LogP contribution >= 0.6 is 0 Å². The topological polar surface area (TPSA) is 35.5 Å². The van der Waals surface area contributed by atoms with Gasteiger partial charge in [0.2, 0.25) is 0 Å². The minimum atomic E-state index is -0.574. The van der Waals surface area contributed by atoms with Gasteiger partial charge in [0.05, 0.1) is 6.10 Å². The third-order valence-electron chi connectivity index (χ3n) is 1.74. The van der Waals surface area contributed by atoms with Crippen molar-refractivity contribution >= 4 is 5.97 Å². The van der Waals surface area contributed by atoms with Crippen LogP contribution in [0.3, 0.4) is 0 Å². The van der Waals surface area contributed by atoms with Gasteiger partial charge in [-0.25, -0.2) is 4.79 Å². The molecule has 0 N–H and O–H groups in total. The van der Waals surface area contributed by atoms with Crippen LogP contribution in [0.15, 0.2) is 30.3 Å². The molecule has 0 aromatic heterocycles. The number of hydrogen-bond acceptors (Lipinski definition) is 3. The number of rotatable bonds is 4. The molecule has 1 rings (SSSR count). The van der Waals surface area contributed by atoms with Gasteiger partial charge in [0.1, 0.15) is 5.75 Å². The van der Waals surface area contributed by atoms with Gasteiger partial charge in [0.15, 0.2) is 6.10 Å². The Bertz CT molecular complexity index is 306. The molecule has 1 unspecified atom stereocenters. The second kappa shape index (κ2) is 5.39. The number of esters is 1. The van der Waals surface area contributed by atoms with Crippen molar-refractivity contribution < 1.29 is 14.3 Å². The first kappa shape index (κ1) is 11.6. The Kier molecular flexibility index (Phi) is 4.16. The Morgan fingerprint density at radius 3 is 2.27 bits per heavy atom. The molecule has 1 aromatic carbocycles. The molecule has 3 heteroatoms. The molecule has 3 nitrogen and oxygen atoms in total. The zero-order chi connectivity index (χ0) is 11.3. The number of hydrogen-bond donors (Lipinski definition) is 0. The van der Waals surface area contributed by atoms with E-state index in [0.29, 0.717) is 5.75 Å². The van der Waals surface area contributed by atoms with Gasteiger partial charge in [0, 0.05) is 0 Å². The second-order valence-corrected chi connectivity index (χ2v) is 3.56. The first-order valence-corrected chi connectivity index (χ1v) is 5.02. The van der Waals surface area contributed by atoms with Crippen molar-refractivity contribution in [1.29, 1.82) is 0 Å². The summed E-state index contributed by atoms with van der Waals surface area (Å²) in [5.74, 6) is 0.333. The molecule has 0 aliphatic carbocycles. The lowest BCUT2D eigenvalue weighted by Crippen LogP contribution is -2.28. The molecule has 0 saturated heterocycles. The van der Waals surface area contributed by atoms with E-state index in [2.05, 4.69) is 0 Å². The van der Waals surface area contributed by atoms with Crippen molar-refractivity contribution in [3.05, 3.63) is 30.3 Å². The molecule has 0 amide bonds. The zero-order valence-corrected chi connectivity index (χ0v) is 9.27. The van der Waals surface area contributed by atoms with Crippen molar-refractivity contribution in [3.63, 3.8) is 0 Å². The van der Waals surface area contributed by atoms with Crippen LogP contribution in [-0.4, -0.2) is 18.2 Å². The largest absolute Gasteiger partial charge is 0.479 e. The highest BCUT2D eigenvalue weighted by atomic mass is 16.6. The van der Waals surface area contributed by atoms with E-state index in [4.69, 9.17) is 9.47 Å². The molecule has 15 heavy (non-hydrogen) atoms. The van der Waals surface area contributed by atoms with Crippen molar-refractivity contribution in [2.45, 2.75) is 33.0 Å². The summed E-state index contributed by atoms with van der Waals surface area (Å²) in [6, 6.07) is 9.22. The average molecular weight is 208 g/mol. The van der Waals surface area contributed by atoms with Gasteiger partial charge in [-0.2, -0.15) is 0 Å². The van der Waals surface area contributed by atoms with Crippen LogP contribution in [0.5, 0.6) is 5.75 Å². The molecule has 0 heterocycles. The molecule has 1 aromatic rings. The standard InChI is InChI=1S/C12H16O3/c1-9(2)14-12(13)10(3)15-11-7-5-4-6-8-11/h4-10H,1-3H3. The summed E-state index contributed by atoms with van der Waals surface area (Å²) in [5, 5.41) is 0. The molecular formula is C12H16O3. The van der Waals surface area contributed by atoms with E-state index in [9.17, 15) is 4.79 Å². The van der Waals surface area contributed by atoms with Gasteiger partial charge in [-0.1, -0.05) is 18.2 Å². The number of para-hydroxylation sites is 1. The van der Waals surface area contributed by atoms with Gasteiger partial charge < -0.3 is 9.47 Å². The van der Waals surface area contributed by atoms with Crippen LogP contribution in [-0.2, 0) is 9.53 Å². The molecule has 0 bridgehead atoms. The maximum atomic E-state index is 11.4. The van der Waals surface area contributed by atoms with Crippen molar-refractivity contribution in [2.24, 2.45) is 0 Å². The van der Waals surface area contributed by atoms with Crippen LogP contribution in [0, 0.1) is 0 Å². The van der Waals surface area contributed by atoms with E-state index in [1.165, 1.54) is 0 Å². The third kappa shape index (κ3) is 4.02. The zero-order valence-electron chi connectivity index (χ0n) is 9.27. The predicted molar refractivity (Wildman–Crippen MR) is 57.8 cm³/mol. The Balaban J connectivity index is 2.49. The maximum absolute atomic E-state index is 11.4. The second-order valence-electron chi connectivity index (χ2n) is 3.56. The fourth-order valence-corrected chi connectivity index (χ4v) is 1.08. The van der Waals surface area contributed by atoms with Gasteiger partial charge in [-0.05, 0) is 32.9 Å². The molecule has 1 atom stereocenters. The number of carbonyl (C=O) groups excluding carboxylic acids is 1. The first-order chi connectivity index (χ1) is 7.09. The first-order valence-electron chi connectivity index (χ1n) is 5.02. The van der Waals surface area contributed by atoms with Gasteiger partial charge in [-0.15, -0.1) is 0 Å². The minimum Gasteiger partial charge on any atom is -0.479 e. The van der Waals surface area contributed by atoms with Crippen LogP contribution in [0.2, 0.25) is 0 Å². The lowest BCUT2D eigenvalue weighted by Gasteiger charge is -2.15. The monoisotopic (exact) mass is 208 g/mol. The molecule has 82 valence electrons. The summed E-state index contributed by atoms with van der Waals surface area (Å²) in [5.41, 5.74) is 0. The van der Waals surface area contributed by atoms with Crippen LogP contribution < -0.4 is 4.74 Å². The Morgan fingerprint density at radius 2 is 1.73 bits per heavy atom. The fourth-order valence-electron chi connectivity index (χ4n) is 1.08. The van der Waals surface area contributed by atoms with Gasteiger partial charge >= 0.3 is 5.97 Å². The van der Waals surface area contributed by atoms with Gasteiger partial charge in [0.25, 0.3) is 0 Å². The van der Waals surface area contributed by atoms with E-state index in [1.54, 1.807) is 19.1 Å². The Morgan fingerprint density at radius 1 is 1.13 bits per heavy atom. The van der Waals surface area contributed by atoms with E-state index in [-0.39, 0.29) is 12.1 Å². The van der Waals surface area contributed by atoms with E-state index in [0.717, 1.165) is 0 Å². The van der Waals surface area contributed by atoms with E-state index < -0.39 is 6.10 Å². The smallest absolute Gasteiger partial charge is 0.347 e. The molecule has 0 radical (unpaired) electrons. The number of ether oxygens (including phenoxy) is 2. The molecule has 0 saturated carbocycles. The summed E-state index contributed by atoms with van der Waals surface area (Å²) in [6.07, 6.45) is -0.686. The number of carbonyl (C=O) groups is 1. The summed E-state index contributed by atoms with van der Waals surface area (Å²) in [6.45, 7) is 5.30. The number of benzene rings is 1. The summed E-state index contributed by atoms with van der Waals surface area (Å²) < 4.78 is 10.4. The highest BCUT2D eigenvalue weighted by molar-refractivity contribution is 5.74. The molecular weight excluding hydrogens is 192 g/mol. The highest BCUT2D eigenvalue weighted by Gasteiger charge is 2.17. The minimum absolute atomic E-state index is 0.112. The van der Waals surface area contributed by atoms with Crippen LogP contribution in [0.25, 0.3) is 0 Å². The summed E-state index contributed by atoms with van der Waals surface area (Å²) in [4.78, 5) is 11.4. The quantitative estimate of drug-likeness (QED) is 0.713. The lowest BCUT2D eigenvalue weighted by atomic mass is 10.3. The Labute approximate surface area is 90.0 Å². The fraction of sp³-hybridized carbons (Fsp3) is 0.417. The van der Waals surface area contributed by atoms with Crippen molar-refractivity contribution in [2.75, 3.05) is 0 Å². The van der Waals surface area contributed by atoms with Crippen molar-refractivity contribution in [3.8, 4) is 5.75 Å². The summed E-state index contributed by atoms with van der Waals surface area (Å²) >= 11 is 0. The third-order valence-corrected chi connectivity index (χ3v) is 1.74. The van der Waals surface area contributed by atoms with Crippen molar-refractivity contribution in [1.82, 2.24) is 0 Å². The highest BCUT2D eigenvalue weighted by Crippen LogP contribution is 2.11. The van der Waals surface area contributed by atoms with Crippen LogP contribution in [0.1, 0.15) is 20.8 Å². The normalized spacial score (nSPS) is 12.3. The molecule has 0 spiro atoms. The van der Waals surface area contributed by atoms with E-state index >= 15 is 0 Å². The SMILES string of the molecule is CC(C)OC(=O)C(C)Oc1ccccc1. The molecule has 0 aliphatic rings. The van der Waals surface area contributed by atoms with Crippen LogP contribution in [0.4, 0.5) is 0 Å². The molecule has 0 aliphatic heterocycles. The maximum Gasteiger partial charge on any atom is 0.347 e. The lowest BCUT2D eigenvalue weighted by molar-refractivity contribution is -0.154. The Hall–Kier alpha value is -1.51. The predicted octanol–water partition coefficient (Wildman–Crippen LogP) is 2.41.